The van der Waals surface area contributed by atoms with E-state index in [4.69, 9.17) is 4.74 Å². The number of amides is 1. The second-order valence-corrected chi connectivity index (χ2v) is 6.19. The van der Waals surface area contributed by atoms with Gasteiger partial charge in [0.05, 0.1) is 0 Å². The van der Waals surface area contributed by atoms with Crippen molar-refractivity contribution in [3.8, 4) is 0 Å². The third-order valence-electron chi connectivity index (χ3n) is 4.45. The minimum Gasteiger partial charge on any atom is -0.368 e. The summed E-state index contributed by atoms with van der Waals surface area (Å²) in [5, 5.41) is 3.87. The van der Waals surface area contributed by atoms with Crippen molar-refractivity contribution in [1.82, 2.24) is 10.3 Å². The van der Waals surface area contributed by atoms with Gasteiger partial charge in [-0.3, -0.25) is 9.59 Å². The van der Waals surface area contributed by atoms with Crippen LogP contribution >= 0.6 is 0 Å². The third kappa shape index (κ3) is 3.45. The number of pyridine rings is 1. The van der Waals surface area contributed by atoms with Crippen LogP contribution in [0.3, 0.4) is 0 Å². The molecule has 0 spiro atoms. The van der Waals surface area contributed by atoms with Crippen molar-refractivity contribution in [2.45, 2.75) is 39.2 Å². The topological polar surface area (TPSA) is 71.2 Å². The van der Waals surface area contributed by atoms with E-state index in [0.717, 1.165) is 29.3 Å². The van der Waals surface area contributed by atoms with E-state index in [1.807, 2.05) is 19.1 Å². The predicted octanol–water partition coefficient (Wildman–Crippen LogP) is 1.98. The SMILES string of the molecule is Cc1cc2cc(CCNC(=O)C3CCCO3)c(=O)[nH]c2cc1C. The van der Waals surface area contributed by atoms with Gasteiger partial charge in [0.25, 0.3) is 5.56 Å². The number of aromatic amines is 1. The highest BCUT2D eigenvalue weighted by atomic mass is 16.5. The van der Waals surface area contributed by atoms with Crippen LogP contribution in [0, 0.1) is 13.8 Å². The van der Waals surface area contributed by atoms with Crippen LogP contribution in [0.25, 0.3) is 10.9 Å². The molecule has 1 aromatic heterocycles. The molecule has 5 nitrogen and oxygen atoms in total. The highest BCUT2D eigenvalue weighted by molar-refractivity contribution is 5.81. The lowest BCUT2D eigenvalue weighted by Gasteiger charge is -2.10. The monoisotopic (exact) mass is 314 g/mol. The van der Waals surface area contributed by atoms with Gasteiger partial charge in [0.15, 0.2) is 0 Å². The normalized spacial score (nSPS) is 17.6. The lowest BCUT2D eigenvalue weighted by molar-refractivity contribution is -0.129. The molecule has 5 heteroatoms. The molecule has 1 aromatic carbocycles. The van der Waals surface area contributed by atoms with Crippen molar-refractivity contribution in [2.75, 3.05) is 13.2 Å². The van der Waals surface area contributed by atoms with Crippen LogP contribution in [0.5, 0.6) is 0 Å². The number of aromatic nitrogens is 1. The van der Waals surface area contributed by atoms with Crippen LogP contribution in [-0.4, -0.2) is 30.1 Å². The Morgan fingerprint density at radius 1 is 1.30 bits per heavy atom. The van der Waals surface area contributed by atoms with E-state index in [1.54, 1.807) is 0 Å². The molecule has 1 aliphatic heterocycles. The number of fused-ring (bicyclic) bond motifs is 1. The van der Waals surface area contributed by atoms with E-state index in [1.165, 1.54) is 5.56 Å². The van der Waals surface area contributed by atoms with Gasteiger partial charge >= 0.3 is 0 Å². The maximum atomic E-state index is 12.2. The van der Waals surface area contributed by atoms with Gasteiger partial charge in [-0.15, -0.1) is 0 Å². The summed E-state index contributed by atoms with van der Waals surface area (Å²) >= 11 is 0. The summed E-state index contributed by atoms with van der Waals surface area (Å²) in [6.45, 7) is 5.18. The van der Waals surface area contributed by atoms with Crippen LogP contribution in [0.1, 0.15) is 29.5 Å². The molecule has 122 valence electrons. The maximum absolute atomic E-state index is 12.2. The molecular weight excluding hydrogens is 292 g/mol. The largest absolute Gasteiger partial charge is 0.368 e. The number of nitrogens with one attached hydrogen (secondary N) is 2. The molecule has 1 aliphatic rings. The van der Waals surface area contributed by atoms with Gasteiger partial charge in [-0.1, -0.05) is 0 Å². The molecule has 0 radical (unpaired) electrons. The maximum Gasteiger partial charge on any atom is 0.251 e. The Kier molecular flexibility index (Phi) is 4.48. The first-order valence-corrected chi connectivity index (χ1v) is 8.07. The zero-order valence-corrected chi connectivity index (χ0v) is 13.6. The van der Waals surface area contributed by atoms with Crippen LogP contribution in [0.4, 0.5) is 0 Å². The Morgan fingerprint density at radius 3 is 2.83 bits per heavy atom. The van der Waals surface area contributed by atoms with Gasteiger partial charge in [-0.05, 0) is 67.8 Å². The number of benzene rings is 1. The van der Waals surface area contributed by atoms with Gasteiger partial charge in [0.1, 0.15) is 6.10 Å². The number of H-pyrrole nitrogens is 1. The molecule has 1 unspecified atom stereocenters. The molecule has 2 N–H and O–H groups in total. The number of hydrogen-bond donors (Lipinski definition) is 2. The van der Waals surface area contributed by atoms with Gasteiger partial charge in [-0.25, -0.2) is 0 Å². The van der Waals surface area contributed by atoms with Crippen molar-refractivity contribution in [2.24, 2.45) is 0 Å². The van der Waals surface area contributed by atoms with E-state index in [-0.39, 0.29) is 17.6 Å². The van der Waals surface area contributed by atoms with E-state index in [9.17, 15) is 9.59 Å². The number of carbonyl (C=O) groups is 1. The molecule has 2 heterocycles. The highest BCUT2D eigenvalue weighted by Gasteiger charge is 2.22. The zero-order chi connectivity index (χ0) is 16.4. The van der Waals surface area contributed by atoms with E-state index in [0.29, 0.717) is 25.1 Å². The first-order valence-electron chi connectivity index (χ1n) is 8.07. The number of hydrogen-bond acceptors (Lipinski definition) is 3. The average Bonchev–Trinajstić information content (AvgIpc) is 3.04. The Balaban J connectivity index is 1.70. The smallest absolute Gasteiger partial charge is 0.251 e. The van der Waals surface area contributed by atoms with Gasteiger partial charge in [0, 0.05) is 24.2 Å². The summed E-state index contributed by atoms with van der Waals surface area (Å²) < 4.78 is 5.34. The number of carbonyl (C=O) groups excluding carboxylic acids is 1. The molecule has 2 aromatic rings. The first-order chi connectivity index (χ1) is 11.0. The third-order valence-corrected chi connectivity index (χ3v) is 4.45. The molecule has 1 amide bonds. The van der Waals surface area contributed by atoms with Crippen molar-refractivity contribution in [1.29, 1.82) is 0 Å². The fourth-order valence-corrected chi connectivity index (χ4v) is 2.93. The van der Waals surface area contributed by atoms with Crippen LogP contribution in [0.15, 0.2) is 23.0 Å². The van der Waals surface area contributed by atoms with Gasteiger partial charge < -0.3 is 15.0 Å². The van der Waals surface area contributed by atoms with Crippen LogP contribution in [0.2, 0.25) is 0 Å². The van der Waals surface area contributed by atoms with Crippen LogP contribution in [-0.2, 0) is 16.0 Å². The van der Waals surface area contributed by atoms with Crippen molar-refractivity contribution >= 4 is 16.8 Å². The number of aryl methyl sites for hydroxylation is 2. The first kappa shape index (κ1) is 15.7. The summed E-state index contributed by atoms with van der Waals surface area (Å²) in [6, 6.07) is 5.99. The zero-order valence-electron chi connectivity index (χ0n) is 13.6. The molecule has 23 heavy (non-hydrogen) atoms. The van der Waals surface area contributed by atoms with E-state index in [2.05, 4.69) is 23.3 Å². The van der Waals surface area contributed by atoms with Crippen LogP contribution < -0.4 is 10.9 Å². The fraction of sp³-hybridized carbons (Fsp3) is 0.444. The number of ether oxygens (including phenoxy) is 1. The molecule has 0 bridgehead atoms. The molecule has 3 rings (SSSR count). The Labute approximate surface area is 135 Å². The minimum absolute atomic E-state index is 0.0776. The second kappa shape index (κ2) is 6.54. The fourth-order valence-electron chi connectivity index (χ4n) is 2.93. The summed E-state index contributed by atoms with van der Waals surface area (Å²) in [7, 11) is 0. The Hall–Kier alpha value is -2.14. The standard InChI is InChI=1S/C18H22N2O3/c1-11-8-14-10-13(17(21)20-15(14)9-12(11)2)5-6-19-18(22)16-4-3-7-23-16/h8-10,16H,3-7H2,1-2H3,(H,19,22)(H,20,21). The van der Waals surface area contributed by atoms with E-state index < -0.39 is 0 Å². The average molecular weight is 314 g/mol. The molecule has 0 aliphatic carbocycles. The minimum atomic E-state index is -0.324. The Morgan fingerprint density at radius 2 is 2.09 bits per heavy atom. The molecule has 0 saturated carbocycles. The molecule has 1 fully saturated rings. The van der Waals surface area contributed by atoms with Gasteiger partial charge in [-0.2, -0.15) is 0 Å². The highest BCUT2D eigenvalue weighted by Crippen LogP contribution is 2.17. The van der Waals surface area contributed by atoms with E-state index >= 15 is 0 Å². The summed E-state index contributed by atoms with van der Waals surface area (Å²) in [5.74, 6) is -0.0776. The second-order valence-electron chi connectivity index (χ2n) is 6.19. The predicted molar refractivity (Wildman–Crippen MR) is 89.7 cm³/mol. The summed E-state index contributed by atoms with van der Waals surface area (Å²) in [5.41, 5.74) is 3.80. The van der Waals surface area contributed by atoms with Crippen molar-refractivity contribution < 1.29 is 9.53 Å². The lowest BCUT2D eigenvalue weighted by Crippen LogP contribution is -2.35. The Bertz CT molecular complexity index is 789. The summed E-state index contributed by atoms with van der Waals surface area (Å²) in [4.78, 5) is 27.0. The quantitative estimate of drug-likeness (QED) is 0.906. The van der Waals surface area contributed by atoms with Crippen molar-refractivity contribution in [3.63, 3.8) is 0 Å². The molecular formula is C18H22N2O3. The van der Waals surface area contributed by atoms with Gasteiger partial charge in [0.2, 0.25) is 5.91 Å². The van der Waals surface area contributed by atoms with Crippen molar-refractivity contribution in [3.05, 3.63) is 45.2 Å². The number of rotatable bonds is 4. The lowest BCUT2D eigenvalue weighted by atomic mass is 10.0. The molecule has 1 atom stereocenters. The summed E-state index contributed by atoms with van der Waals surface area (Å²) in [6.07, 6.45) is 1.90. The molecule has 1 saturated heterocycles.